The molecule has 0 fully saturated rings. The smallest absolute Gasteiger partial charge is 0.255 e. The molecule has 5 nitrogen and oxygen atoms in total. The fraction of sp³-hybridized carbons (Fsp3) is 0.130. The van der Waals surface area contributed by atoms with Crippen molar-refractivity contribution in [3.63, 3.8) is 0 Å². The van der Waals surface area contributed by atoms with Crippen LogP contribution in [0.1, 0.15) is 16.8 Å². The van der Waals surface area contributed by atoms with Crippen molar-refractivity contribution in [3.8, 4) is 22.1 Å². The summed E-state index contributed by atoms with van der Waals surface area (Å²) in [6.45, 7) is 1.06. The Hall–Kier alpha value is -3.09. The van der Waals surface area contributed by atoms with Crippen molar-refractivity contribution in [2.45, 2.75) is 6.42 Å². The van der Waals surface area contributed by atoms with E-state index in [1.807, 2.05) is 48.5 Å². The molecule has 0 atom stereocenters. The van der Waals surface area contributed by atoms with E-state index in [1.54, 1.807) is 23.5 Å². The van der Waals surface area contributed by atoms with E-state index in [1.165, 1.54) is 0 Å². The van der Waals surface area contributed by atoms with Crippen LogP contribution in [0.4, 0.5) is 5.69 Å². The summed E-state index contributed by atoms with van der Waals surface area (Å²) in [6.07, 6.45) is 0.766. The Bertz CT molecular complexity index is 1220. The van der Waals surface area contributed by atoms with Crippen molar-refractivity contribution in [3.05, 3.63) is 71.2 Å². The van der Waals surface area contributed by atoms with E-state index in [-0.39, 0.29) is 5.91 Å². The quantitative estimate of drug-likeness (QED) is 0.426. The van der Waals surface area contributed by atoms with Crippen molar-refractivity contribution >= 4 is 44.7 Å². The summed E-state index contributed by atoms with van der Waals surface area (Å²) in [5.41, 5.74) is 2.90. The molecular weight excluding hydrogens is 420 g/mol. The Morgan fingerprint density at radius 3 is 2.73 bits per heavy atom. The number of nitrogens with one attached hydrogen (secondary N) is 1. The number of nitrogens with zero attached hydrogens (tertiary/aromatic N) is 1. The number of thiazole rings is 1. The SMILES string of the molecule is O=C(Nc1ccccc1-c1nc2ccccc2s1)c1cc(Cl)c2c(c1)OCCCO2. The minimum atomic E-state index is -0.277. The first-order valence-electron chi connectivity index (χ1n) is 9.54. The summed E-state index contributed by atoms with van der Waals surface area (Å²) in [5, 5.41) is 4.20. The van der Waals surface area contributed by atoms with Crippen LogP contribution in [0.15, 0.2) is 60.7 Å². The number of aromatic nitrogens is 1. The van der Waals surface area contributed by atoms with Crippen molar-refractivity contribution in [1.82, 2.24) is 4.98 Å². The number of rotatable bonds is 3. The number of hydrogen-bond acceptors (Lipinski definition) is 5. The number of para-hydroxylation sites is 2. The van der Waals surface area contributed by atoms with Crippen LogP contribution in [0.5, 0.6) is 11.5 Å². The van der Waals surface area contributed by atoms with E-state index in [4.69, 9.17) is 26.1 Å². The first kappa shape index (κ1) is 18.9. The van der Waals surface area contributed by atoms with Gasteiger partial charge in [-0.3, -0.25) is 4.79 Å². The molecule has 0 unspecified atom stereocenters. The summed E-state index contributed by atoms with van der Waals surface area (Å²) in [5.74, 6) is 0.700. The Labute approximate surface area is 182 Å². The number of fused-ring (bicyclic) bond motifs is 2. The van der Waals surface area contributed by atoms with Crippen molar-refractivity contribution in [1.29, 1.82) is 0 Å². The Kier molecular flexibility index (Phi) is 5.02. The van der Waals surface area contributed by atoms with Gasteiger partial charge in [0, 0.05) is 17.5 Å². The number of hydrogen-bond donors (Lipinski definition) is 1. The third-order valence-electron chi connectivity index (χ3n) is 4.76. The summed E-state index contributed by atoms with van der Waals surface area (Å²) in [7, 11) is 0. The molecule has 7 heteroatoms. The van der Waals surface area contributed by atoms with Crippen molar-refractivity contribution in [2.24, 2.45) is 0 Å². The van der Waals surface area contributed by atoms with Crippen LogP contribution in [0.25, 0.3) is 20.8 Å². The molecule has 0 spiro atoms. The predicted molar refractivity (Wildman–Crippen MR) is 120 cm³/mol. The van der Waals surface area contributed by atoms with E-state index in [9.17, 15) is 4.79 Å². The highest BCUT2D eigenvalue weighted by atomic mass is 35.5. The standard InChI is InChI=1S/C23H17ClN2O3S/c24-16-12-14(13-19-21(16)29-11-5-10-28-19)22(27)25-17-7-2-1-6-15(17)23-26-18-8-3-4-9-20(18)30-23/h1-4,6-9,12-13H,5,10-11H2,(H,25,27). The topological polar surface area (TPSA) is 60.5 Å². The van der Waals surface area contributed by atoms with Gasteiger partial charge in [-0.15, -0.1) is 11.3 Å². The Morgan fingerprint density at radius 1 is 1.03 bits per heavy atom. The molecule has 0 bridgehead atoms. The van der Waals surface area contributed by atoms with Gasteiger partial charge in [0.15, 0.2) is 11.5 Å². The lowest BCUT2D eigenvalue weighted by molar-refractivity contribution is 0.102. The molecule has 1 aliphatic heterocycles. The highest BCUT2D eigenvalue weighted by Gasteiger charge is 2.19. The Balaban J connectivity index is 1.47. The molecule has 1 N–H and O–H groups in total. The van der Waals surface area contributed by atoms with Crippen molar-refractivity contribution < 1.29 is 14.3 Å². The van der Waals surface area contributed by atoms with Crippen LogP contribution < -0.4 is 14.8 Å². The van der Waals surface area contributed by atoms with Gasteiger partial charge in [-0.05, 0) is 36.4 Å². The van der Waals surface area contributed by atoms with Gasteiger partial charge >= 0.3 is 0 Å². The lowest BCUT2D eigenvalue weighted by atomic mass is 10.1. The average molecular weight is 437 g/mol. The maximum absolute atomic E-state index is 13.0. The summed E-state index contributed by atoms with van der Waals surface area (Å²) in [4.78, 5) is 17.7. The fourth-order valence-corrected chi connectivity index (χ4v) is 4.59. The number of halogens is 1. The van der Waals surface area contributed by atoms with Gasteiger partial charge in [-0.1, -0.05) is 35.9 Å². The number of amides is 1. The molecule has 3 aromatic carbocycles. The van der Waals surface area contributed by atoms with Crippen LogP contribution in [-0.4, -0.2) is 24.1 Å². The first-order chi connectivity index (χ1) is 14.7. The van der Waals surface area contributed by atoms with Gasteiger partial charge in [-0.25, -0.2) is 4.98 Å². The number of carbonyl (C=O) groups is 1. The van der Waals surface area contributed by atoms with Gasteiger partial charge in [0.25, 0.3) is 5.91 Å². The molecule has 4 aromatic rings. The third-order valence-corrected chi connectivity index (χ3v) is 6.11. The molecule has 1 aliphatic rings. The zero-order chi connectivity index (χ0) is 20.5. The number of ether oxygens (including phenoxy) is 2. The molecule has 0 saturated heterocycles. The highest BCUT2D eigenvalue weighted by Crippen LogP contribution is 2.39. The zero-order valence-corrected chi connectivity index (χ0v) is 17.4. The van der Waals surface area contributed by atoms with Gasteiger partial charge in [0.1, 0.15) is 5.01 Å². The largest absolute Gasteiger partial charge is 0.489 e. The molecule has 2 heterocycles. The molecule has 0 saturated carbocycles. The Morgan fingerprint density at radius 2 is 1.83 bits per heavy atom. The second-order valence-electron chi connectivity index (χ2n) is 6.82. The molecule has 0 aliphatic carbocycles. The minimum Gasteiger partial charge on any atom is -0.489 e. The number of benzene rings is 3. The lowest BCUT2D eigenvalue weighted by Crippen LogP contribution is -2.13. The van der Waals surface area contributed by atoms with Gasteiger partial charge in [-0.2, -0.15) is 0 Å². The van der Waals surface area contributed by atoms with Crippen LogP contribution in [0.2, 0.25) is 5.02 Å². The second-order valence-corrected chi connectivity index (χ2v) is 8.26. The fourth-order valence-electron chi connectivity index (χ4n) is 3.32. The molecular formula is C23H17ClN2O3S. The maximum atomic E-state index is 13.0. The normalized spacial score (nSPS) is 13.1. The summed E-state index contributed by atoms with van der Waals surface area (Å²) in [6, 6.07) is 18.9. The maximum Gasteiger partial charge on any atom is 0.255 e. The molecule has 0 radical (unpaired) electrons. The lowest BCUT2D eigenvalue weighted by Gasteiger charge is -2.13. The van der Waals surface area contributed by atoms with Crippen LogP contribution in [0, 0.1) is 0 Å². The third kappa shape index (κ3) is 3.60. The van der Waals surface area contributed by atoms with E-state index in [2.05, 4.69) is 5.32 Å². The average Bonchev–Trinajstić information content (AvgIpc) is 3.04. The van der Waals surface area contributed by atoms with E-state index in [0.717, 1.165) is 27.2 Å². The number of carbonyl (C=O) groups excluding carboxylic acids is 1. The predicted octanol–water partition coefficient (Wildman–Crippen LogP) is 6.03. The van der Waals surface area contributed by atoms with Crippen molar-refractivity contribution in [2.75, 3.05) is 18.5 Å². The van der Waals surface area contributed by atoms with Gasteiger partial charge in [0.05, 0.1) is 34.1 Å². The molecule has 1 aromatic heterocycles. The first-order valence-corrected chi connectivity index (χ1v) is 10.7. The monoisotopic (exact) mass is 436 g/mol. The minimum absolute atomic E-state index is 0.277. The van der Waals surface area contributed by atoms with E-state index >= 15 is 0 Å². The number of anilines is 1. The molecule has 1 amide bonds. The molecule has 5 rings (SSSR count). The van der Waals surface area contributed by atoms with Crippen LogP contribution >= 0.6 is 22.9 Å². The highest BCUT2D eigenvalue weighted by molar-refractivity contribution is 7.21. The van der Waals surface area contributed by atoms with E-state index < -0.39 is 0 Å². The van der Waals surface area contributed by atoms with E-state index in [0.29, 0.717) is 41.0 Å². The van der Waals surface area contributed by atoms with Crippen LogP contribution in [0.3, 0.4) is 0 Å². The second kappa shape index (κ2) is 7.97. The molecule has 150 valence electrons. The zero-order valence-electron chi connectivity index (χ0n) is 15.9. The van der Waals surface area contributed by atoms with Gasteiger partial charge < -0.3 is 14.8 Å². The summed E-state index contributed by atoms with van der Waals surface area (Å²) >= 11 is 7.94. The van der Waals surface area contributed by atoms with Gasteiger partial charge in [0.2, 0.25) is 0 Å². The molecule has 30 heavy (non-hydrogen) atoms. The summed E-state index contributed by atoms with van der Waals surface area (Å²) < 4.78 is 12.4. The van der Waals surface area contributed by atoms with Crippen LogP contribution in [-0.2, 0) is 0 Å².